The highest BCUT2D eigenvalue weighted by Crippen LogP contribution is 2.19. The normalized spacial score (nSPS) is 20.0. The average Bonchev–Trinajstić information content (AvgIpc) is 2.47. The van der Waals surface area contributed by atoms with E-state index < -0.39 is 0 Å². The highest BCUT2D eigenvalue weighted by atomic mass is 16.5. The van der Waals surface area contributed by atoms with Gasteiger partial charge in [0, 0.05) is 0 Å². The summed E-state index contributed by atoms with van der Waals surface area (Å²) in [6.07, 6.45) is 12.7. The van der Waals surface area contributed by atoms with Crippen molar-refractivity contribution < 1.29 is 9.53 Å². The van der Waals surface area contributed by atoms with Gasteiger partial charge in [-0.3, -0.25) is 9.69 Å². The first-order valence-electron chi connectivity index (χ1n) is 8.70. The molecular weight excluding hydrogens is 250 g/mol. The minimum Gasteiger partial charge on any atom is -0.465 e. The second-order valence-electron chi connectivity index (χ2n) is 5.92. The van der Waals surface area contributed by atoms with E-state index >= 15 is 0 Å². The van der Waals surface area contributed by atoms with Gasteiger partial charge in [-0.05, 0) is 39.3 Å². The Kier molecular flexibility index (Phi) is 9.73. The van der Waals surface area contributed by atoms with Crippen LogP contribution in [0, 0.1) is 0 Å². The molecule has 0 aromatic heterocycles. The number of rotatable bonds is 10. The van der Waals surface area contributed by atoms with E-state index in [1.54, 1.807) is 0 Å². The van der Waals surface area contributed by atoms with Crippen LogP contribution in [0.15, 0.2) is 0 Å². The molecular formula is C17H33NO2. The largest absolute Gasteiger partial charge is 0.465 e. The van der Waals surface area contributed by atoms with E-state index in [1.807, 2.05) is 6.92 Å². The van der Waals surface area contributed by atoms with Crippen LogP contribution in [0.1, 0.15) is 78.1 Å². The van der Waals surface area contributed by atoms with Crippen molar-refractivity contribution in [1.29, 1.82) is 0 Å². The number of nitrogens with zero attached hydrogens (tertiary/aromatic N) is 1. The summed E-state index contributed by atoms with van der Waals surface area (Å²) in [5, 5.41) is 0. The molecule has 0 aromatic rings. The van der Waals surface area contributed by atoms with Crippen molar-refractivity contribution in [3.63, 3.8) is 0 Å². The molecule has 118 valence electrons. The Balaban J connectivity index is 2.17. The maximum atomic E-state index is 12.0. The Bertz CT molecular complexity index is 255. The third-order valence-electron chi connectivity index (χ3n) is 4.22. The molecule has 0 N–H and O–H groups in total. The molecule has 1 atom stereocenters. The zero-order valence-electron chi connectivity index (χ0n) is 13.5. The highest BCUT2D eigenvalue weighted by Gasteiger charge is 2.29. The predicted octanol–water partition coefficient (Wildman–Crippen LogP) is 4.15. The molecule has 0 bridgehead atoms. The summed E-state index contributed by atoms with van der Waals surface area (Å²) in [7, 11) is 0. The Morgan fingerprint density at radius 2 is 1.75 bits per heavy atom. The monoisotopic (exact) mass is 283 g/mol. The summed E-state index contributed by atoms with van der Waals surface area (Å²) < 4.78 is 5.20. The molecule has 3 heteroatoms. The number of carbonyl (C=O) groups excluding carboxylic acids is 1. The third kappa shape index (κ3) is 6.74. The van der Waals surface area contributed by atoms with Gasteiger partial charge in [0.1, 0.15) is 6.04 Å². The van der Waals surface area contributed by atoms with Crippen LogP contribution in [-0.4, -0.2) is 36.6 Å². The second kappa shape index (κ2) is 11.1. The number of hydrogen-bond acceptors (Lipinski definition) is 3. The van der Waals surface area contributed by atoms with Gasteiger partial charge in [0.2, 0.25) is 0 Å². The molecule has 1 saturated heterocycles. The standard InChI is InChI=1S/C17H33NO2/c1-3-5-6-7-8-9-11-14-18-15-12-10-13-16(18)17(19)20-4-2/h16H,3-15H2,1-2H3. The lowest BCUT2D eigenvalue weighted by atomic mass is 10.0. The first-order chi connectivity index (χ1) is 9.79. The first-order valence-corrected chi connectivity index (χ1v) is 8.70. The van der Waals surface area contributed by atoms with Crippen LogP contribution in [0.3, 0.4) is 0 Å². The molecule has 1 aliphatic rings. The molecule has 0 amide bonds. The summed E-state index contributed by atoms with van der Waals surface area (Å²) in [5.74, 6) is -0.00449. The minimum absolute atomic E-state index is 0.00449. The summed E-state index contributed by atoms with van der Waals surface area (Å²) in [6, 6.07) is 0.0313. The van der Waals surface area contributed by atoms with Crippen molar-refractivity contribution in [2.45, 2.75) is 84.1 Å². The average molecular weight is 283 g/mol. The first kappa shape index (κ1) is 17.5. The van der Waals surface area contributed by atoms with Crippen LogP contribution in [0.5, 0.6) is 0 Å². The van der Waals surface area contributed by atoms with Crippen LogP contribution >= 0.6 is 0 Å². The van der Waals surface area contributed by atoms with Crippen molar-refractivity contribution in [2.24, 2.45) is 0 Å². The summed E-state index contributed by atoms with van der Waals surface area (Å²) in [5.41, 5.74) is 0. The van der Waals surface area contributed by atoms with Crippen molar-refractivity contribution in [2.75, 3.05) is 19.7 Å². The molecule has 3 nitrogen and oxygen atoms in total. The Labute approximate surface area is 125 Å². The SMILES string of the molecule is CCCCCCCCCN1CCCCC1C(=O)OCC. The number of ether oxygens (including phenoxy) is 1. The Hall–Kier alpha value is -0.570. The zero-order valence-corrected chi connectivity index (χ0v) is 13.5. The lowest BCUT2D eigenvalue weighted by molar-refractivity contribution is -0.150. The van der Waals surface area contributed by atoms with E-state index in [0.29, 0.717) is 6.61 Å². The van der Waals surface area contributed by atoms with Gasteiger partial charge >= 0.3 is 5.97 Å². The van der Waals surface area contributed by atoms with E-state index in [1.165, 1.54) is 51.4 Å². The molecule has 0 spiro atoms. The molecule has 1 aliphatic heterocycles. The van der Waals surface area contributed by atoms with Gasteiger partial charge in [-0.1, -0.05) is 51.9 Å². The quantitative estimate of drug-likeness (QED) is 0.445. The van der Waals surface area contributed by atoms with Crippen molar-refractivity contribution >= 4 is 5.97 Å². The number of esters is 1. The van der Waals surface area contributed by atoms with Crippen LogP contribution in [0.2, 0.25) is 0 Å². The van der Waals surface area contributed by atoms with Gasteiger partial charge in [0.05, 0.1) is 6.61 Å². The summed E-state index contributed by atoms with van der Waals surface area (Å²) in [6.45, 7) is 6.78. The number of unbranched alkanes of at least 4 members (excludes halogenated alkanes) is 6. The Morgan fingerprint density at radius 3 is 2.45 bits per heavy atom. The number of carbonyl (C=O) groups is 1. The molecule has 1 rings (SSSR count). The van der Waals surface area contributed by atoms with Crippen LogP contribution in [0.25, 0.3) is 0 Å². The summed E-state index contributed by atoms with van der Waals surface area (Å²) in [4.78, 5) is 14.3. The molecule has 0 aliphatic carbocycles. The molecule has 0 radical (unpaired) electrons. The number of likely N-dealkylation sites (tertiary alicyclic amines) is 1. The van der Waals surface area contributed by atoms with Crippen molar-refractivity contribution in [3.05, 3.63) is 0 Å². The van der Waals surface area contributed by atoms with Crippen LogP contribution < -0.4 is 0 Å². The van der Waals surface area contributed by atoms with Crippen LogP contribution in [0.4, 0.5) is 0 Å². The lowest BCUT2D eigenvalue weighted by Crippen LogP contribution is -2.45. The smallest absolute Gasteiger partial charge is 0.323 e. The molecule has 1 heterocycles. The fraction of sp³-hybridized carbons (Fsp3) is 0.941. The topological polar surface area (TPSA) is 29.5 Å². The van der Waals surface area contributed by atoms with Gasteiger partial charge in [-0.15, -0.1) is 0 Å². The van der Waals surface area contributed by atoms with Gasteiger partial charge in [0.25, 0.3) is 0 Å². The highest BCUT2D eigenvalue weighted by molar-refractivity contribution is 5.75. The number of hydrogen-bond donors (Lipinski definition) is 0. The predicted molar refractivity (Wildman–Crippen MR) is 83.8 cm³/mol. The fourth-order valence-electron chi connectivity index (χ4n) is 3.04. The van der Waals surface area contributed by atoms with E-state index in [2.05, 4.69) is 11.8 Å². The molecule has 1 unspecified atom stereocenters. The molecule has 20 heavy (non-hydrogen) atoms. The van der Waals surface area contributed by atoms with Gasteiger partial charge in [0.15, 0.2) is 0 Å². The van der Waals surface area contributed by atoms with Crippen molar-refractivity contribution in [1.82, 2.24) is 4.90 Å². The second-order valence-corrected chi connectivity index (χ2v) is 5.92. The zero-order chi connectivity index (χ0) is 14.6. The van der Waals surface area contributed by atoms with E-state index in [0.717, 1.165) is 25.9 Å². The van der Waals surface area contributed by atoms with Crippen molar-refractivity contribution in [3.8, 4) is 0 Å². The minimum atomic E-state index is -0.00449. The van der Waals surface area contributed by atoms with Gasteiger partial charge in [-0.25, -0.2) is 0 Å². The third-order valence-corrected chi connectivity index (χ3v) is 4.22. The molecule has 1 fully saturated rings. The number of piperidine rings is 1. The fourth-order valence-corrected chi connectivity index (χ4v) is 3.04. The van der Waals surface area contributed by atoms with E-state index in [4.69, 9.17) is 4.74 Å². The maximum Gasteiger partial charge on any atom is 0.323 e. The summed E-state index contributed by atoms with van der Waals surface area (Å²) >= 11 is 0. The van der Waals surface area contributed by atoms with Gasteiger partial charge < -0.3 is 4.74 Å². The molecule has 0 saturated carbocycles. The molecule has 0 aromatic carbocycles. The maximum absolute atomic E-state index is 12.0. The van der Waals surface area contributed by atoms with Gasteiger partial charge in [-0.2, -0.15) is 0 Å². The van der Waals surface area contributed by atoms with E-state index in [9.17, 15) is 4.79 Å². The van der Waals surface area contributed by atoms with E-state index in [-0.39, 0.29) is 12.0 Å². The lowest BCUT2D eigenvalue weighted by Gasteiger charge is -2.33. The van der Waals surface area contributed by atoms with Crippen LogP contribution in [-0.2, 0) is 9.53 Å². The Morgan fingerprint density at radius 1 is 1.05 bits per heavy atom.